The Morgan fingerprint density at radius 1 is 1.35 bits per heavy atom. The van der Waals surface area contributed by atoms with Crippen LogP contribution in [0.5, 0.6) is 0 Å². The quantitative estimate of drug-likeness (QED) is 0.755. The zero-order valence-corrected chi connectivity index (χ0v) is 11.0. The van der Waals surface area contributed by atoms with Gasteiger partial charge >= 0.3 is 0 Å². The fraction of sp³-hybridized carbons (Fsp3) is 0.500. The molecule has 0 aromatic heterocycles. The highest BCUT2D eigenvalue weighted by molar-refractivity contribution is 6.30. The maximum absolute atomic E-state index is 9.24. The minimum absolute atomic E-state index is 0.0897. The predicted molar refractivity (Wildman–Crippen MR) is 71.2 cm³/mol. The molecule has 0 bridgehead atoms. The molecule has 1 heterocycles. The monoisotopic (exact) mass is 248 g/mol. The van der Waals surface area contributed by atoms with E-state index in [0.29, 0.717) is 0 Å². The molecule has 2 rings (SSSR count). The molecule has 0 amide bonds. The van der Waals surface area contributed by atoms with Crippen molar-refractivity contribution in [2.75, 3.05) is 11.4 Å². The second kappa shape index (κ2) is 4.58. The van der Waals surface area contributed by atoms with E-state index in [-0.39, 0.29) is 11.5 Å². The van der Waals surface area contributed by atoms with Crippen LogP contribution >= 0.6 is 11.6 Å². The summed E-state index contributed by atoms with van der Waals surface area (Å²) in [5, 5.41) is 9.99. The molecule has 1 saturated heterocycles. The number of nitriles is 1. The van der Waals surface area contributed by atoms with Gasteiger partial charge in [0.1, 0.15) is 0 Å². The van der Waals surface area contributed by atoms with Crippen LogP contribution in [0, 0.1) is 17.2 Å². The Labute approximate surface area is 108 Å². The normalized spacial score (nSPS) is 23.2. The van der Waals surface area contributed by atoms with Gasteiger partial charge in [0.05, 0.1) is 17.5 Å². The zero-order chi connectivity index (χ0) is 12.5. The maximum Gasteiger partial charge on any atom is 0.0690 e. The molecule has 2 nitrogen and oxygen atoms in total. The zero-order valence-electron chi connectivity index (χ0n) is 10.3. The van der Waals surface area contributed by atoms with Gasteiger partial charge in [-0.05, 0) is 51.0 Å². The SMILES string of the molecule is CC1(C)C(C#N)CCCN1c1ccc(Cl)cc1. The standard InChI is InChI=1S/C14H17ClN2/c1-14(2)11(10-16)4-3-9-17(14)13-7-5-12(15)6-8-13/h5-8,11H,3-4,9H2,1-2H3. The minimum atomic E-state index is -0.110. The van der Waals surface area contributed by atoms with Crippen molar-refractivity contribution in [2.24, 2.45) is 5.92 Å². The van der Waals surface area contributed by atoms with Crippen molar-refractivity contribution in [1.29, 1.82) is 5.26 Å². The molecule has 1 aromatic carbocycles. The molecule has 0 saturated carbocycles. The Balaban J connectivity index is 2.31. The summed E-state index contributed by atoms with van der Waals surface area (Å²) in [6, 6.07) is 10.3. The molecule has 90 valence electrons. The average molecular weight is 249 g/mol. The number of hydrogen-bond acceptors (Lipinski definition) is 2. The van der Waals surface area contributed by atoms with Crippen molar-refractivity contribution >= 4 is 17.3 Å². The molecule has 0 N–H and O–H groups in total. The molecule has 1 aromatic rings. The van der Waals surface area contributed by atoms with Gasteiger partial charge in [0.2, 0.25) is 0 Å². The van der Waals surface area contributed by atoms with E-state index in [1.165, 1.54) is 0 Å². The minimum Gasteiger partial charge on any atom is -0.365 e. The Morgan fingerprint density at radius 2 is 2.00 bits per heavy atom. The fourth-order valence-corrected chi connectivity index (χ4v) is 2.71. The molecule has 0 spiro atoms. The van der Waals surface area contributed by atoms with Gasteiger partial charge in [-0.2, -0.15) is 5.26 Å². The molecule has 1 aliphatic rings. The molecule has 17 heavy (non-hydrogen) atoms. The number of piperidine rings is 1. The van der Waals surface area contributed by atoms with Gasteiger partial charge in [0, 0.05) is 17.3 Å². The van der Waals surface area contributed by atoms with Crippen LogP contribution in [0.2, 0.25) is 5.02 Å². The second-order valence-electron chi connectivity index (χ2n) is 5.11. The summed E-state index contributed by atoms with van der Waals surface area (Å²) in [6.07, 6.45) is 2.07. The largest absolute Gasteiger partial charge is 0.365 e. The van der Waals surface area contributed by atoms with Gasteiger partial charge in [0.25, 0.3) is 0 Å². The number of anilines is 1. The highest BCUT2D eigenvalue weighted by Crippen LogP contribution is 2.36. The average Bonchev–Trinajstić information content (AvgIpc) is 2.30. The van der Waals surface area contributed by atoms with E-state index in [0.717, 1.165) is 30.1 Å². The first-order valence-electron chi connectivity index (χ1n) is 5.98. The molecule has 1 unspecified atom stereocenters. The van der Waals surface area contributed by atoms with E-state index in [1.54, 1.807) is 0 Å². The van der Waals surface area contributed by atoms with Crippen LogP contribution in [0.15, 0.2) is 24.3 Å². The van der Waals surface area contributed by atoms with Crippen LogP contribution in [0.3, 0.4) is 0 Å². The Morgan fingerprint density at radius 3 is 2.59 bits per heavy atom. The number of hydrogen-bond donors (Lipinski definition) is 0. The topological polar surface area (TPSA) is 27.0 Å². The Kier molecular flexibility index (Phi) is 3.31. The molecule has 1 atom stereocenters. The third-order valence-corrected chi connectivity index (χ3v) is 3.97. The summed E-state index contributed by atoms with van der Waals surface area (Å²) in [6.45, 7) is 5.30. The highest BCUT2D eigenvalue weighted by Gasteiger charge is 2.38. The third-order valence-electron chi connectivity index (χ3n) is 3.72. The second-order valence-corrected chi connectivity index (χ2v) is 5.54. The lowest BCUT2D eigenvalue weighted by atomic mass is 9.79. The maximum atomic E-state index is 9.24. The molecular weight excluding hydrogens is 232 g/mol. The third kappa shape index (κ3) is 2.25. The van der Waals surface area contributed by atoms with Crippen molar-refractivity contribution in [1.82, 2.24) is 0 Å². The lowest BCUT2D eigenvalue weighted by Gasteiger charge is -2.47. The summed E-state index contributed by atoms with van der Waals surface area (Å²) in [5.74, 6) is 0.0897. The van der Waals surface area contributed by atoms with Crippen LogP contribution in [-0.4, -0.2) is 12.1 Å². The Hall–Kier alpha value is -1.20. The Bertz CT molecular complexity index is 431. The number of rotatable bonds is 1. The molecule has 1 aliphatic heterocycles. The highest BCUT2D eigenvalue weighted by atomic mass is 35.5. The fourth-order valence-electron chi connectivity index (χ4n) is 2.59. The van der Waals surface area contributed by atoms with Gasteiger partial charge in [-0.25, -0.2) is 0 Å². The van der Waals surface area contributed by atoms with Crippen LogP contribution in [0.1, 0.15) is 26.7 Å². The molecular formula is C14H17ClN2. The molecule has 3 heteroatoms. The summed E-state index contributed by atoms with van der Waals surface area (Å²) in [4.78, 5) is 2.32. The first-order chi connectivity index (χ1) is 8.05. The van der Waals surface area contributed by atoms with E-state index in [1.807, 2.05) is 24.3 Å². The van der Waals surface area contributed by atoms with E-state index >= 15 is 0 Å². The van der Waals surface area contributed by atoms with Crippen LogP contribution < -0.4 is 4.90 Å². The molecule has 0 aliphatic carbocycles. The lowest BCUT2D eigenvalue weighted by molar-refractivity contribution is 0.292. The van der Waals surface area contributed by atoms with Gasteiger partial charge in [-0.1, -0.05) is 11.6 Å². The molecule has 0 radical (unpaired) electrons. The summed E-state index contributed by atoms with van der Waals surface area (Å²) >= 11 is 5.91. The van der Waals surface area contributed by atoms with Crippen molar-refractivity contribution in [3.8, 4) is 6.07 Å². The van der Waals surface area contributed by atoms with Gasteiger partial charge in [0.15, 0.2) is 0 Å². The summed E-state index contributed by atoms with van der Waals surface area (Å²) in [5.41, 5.74) is 1.04. The van der Waals surface area contributed by atoms with Crippen LogP contribution in [0.25, 0.3) is 0 Å². The predicted octanol–water partition coefficient (Wildman–Crippen LogP) is 3.86. The van der Waals surface area contributed by atoms with E-state index < -0.39 is 0 Å². The van der Waals surface area contributed by atoms with Gasteiger partial charge in [-0.15, -0.1) is 0 Å². The van der Waals surface area contributed by atoms with Crippen molar-refractivity contribution in [3.05, 3.63) is 29.3 Å². The molecule has 1 fully saturated rings. The van der Waals surface area contributed by atoms with Crippen molar-refractivity contribution in [3.63, 3.8) is 0 Å². The van der Waals surface area contributed by atoms with E-state index in [4.69, 9.17) is 11.6 Å². The van der Waals surface area contributed by atoms with Crippen molar-refractivity contribution in [2.45, 2.75) is 32.2 Å². The van der Waals surface area contributed by atoms with Gasteiger partial charge in [-0.3, -0.25) is 0 Å². The summed E-state index contributed by atoms with van der Waals surface area (Å²) < 4.78 is 0. The van der Waals surface area contributed by atoms with Crippen LogP contribution in [-0.2, 0) is 0 Å². The number of nitrogens with zero attached hydrogens (tertiary/aromatic N) is 2. The van der Waals surface area contributed by atoms with Gasteiger partial charge < -0.3 is 4.90 Å². The number of benzene rings is 1. The summed E-state index contributed by atoms with van der Waals surface area (Å²) in [7, 11) is 0. The van der Waals surface area contributed by atoms with E-state index in [9.17, 15) is 5.26 Å². The van der Waals surface area contributed by atoms with Crippen LogP contribution in [0.4, 0.5) is 5.69 Å². The first-order valence-corrected chi connectivity index (χ1v) is 6.36. The number of halogens is 1. The lowest BCUT2D eigenvalue weighted by Crippen LogP contribution is -2.53. The van der Waals surface area contributed by atoms with E-state index in [2.05, 4.69) is 24.8 Å². The first kappa shape index (κ1) is 12.3. The van der Waals surface area contributed by atoms with Crippen molar-refractivity contribution < 1.29 is 0 Å². The smallest absolute Gasteiger partial charge is 0.0690 e.